The Kier molecular flexibility index (Phi) is 4.28. The van der Waals surface area contributed by atoms with Gasteiger partial charge in [-0.3, -0.25) is 10.3 Å². The Labute approximate surface area is 110 Å². The maximum absolute atomic E-state index is 11.7. The summed E-state index contributed by atoms with van der Waals surface area (Å²) in [5.41, 5.74) is 0.768. The Morgan fingerprint density at radius 1 is 1.32 bits per heavy atom. The lowest BCUT2D eigenvalue weighted by Gasteiger charge is -2.07. The zero-order valence-corrected chi connectivity index (χ0v) is 10.5. The van der Waals surface area contributed by atoms with E-state index in [0.717, 1.165) is 11.5 Å². The molecule has 0 saturated carbocycles. The Hall–Kier alpha value is -2.63. The Balaban J connectivity index is 1.94. The third-order valence-corrected chi connectivity index (χ3v) is 2.38. The second-order valence-corrected chi connectivity index (χ2v) is 3.74. The first-order valence-electron chi connectivity index (χ1n) is 5.73. The molecule has 6 nitrogen and oxygen atoms in total. The average molecular weight is 258 g/mol. The van der Waals surface area contributed by atoms with Gasteiger partial charge in [-0.05, 0) is 18.2 Å². The van der Waals surface area contributed by atoms with Crippen molar-refractivity contribution in [2.75, 3.05) is 12.4 Å². The standard InChI is InChI=1S/C13H14N4O2/c1-19-11-4-2-3-10(5-6-11)16-13(18)17-12-9-14-7-8-15-12/h2,4-9H,3H2,1H3,(H2,15,16,17,18). The zero-order chi connectivity index (χ0) is 13.5. The van der Waals surface area contributed by atoms with Crippen molar-refractivity contribution < 1.29 is 9.53 Å². The van der Waals surface area contributed by atoms with Gasteiger partial charge in [-0.25, -0.2) is 9.78 Å². The molecule has 1 aromatic rings. The van der Waals surface area contributed by atoms with Crippen molar-refractivity contribution in [1.82, 2.24) is 15.3 Å². The molecule has 0 unspecified atom stereocenters. The van der Waals surface area contributed by atoms with Gasteiger partial charge in [0.05, 0.1) is 13.3 Å². The van der Waals surface area contributed by atoms with Crippen molar-refractivity contribution in [3.63, 3.8) is 0 Å². The fourth-order valence-electron chi connectivity index (χ4n) is 1.49. The zero-order valence-electron chi connectivity index (χ0n) is 10.5. The number of nitrogens with one attached hydrogen (secondary N) is 2. The highest BCUT2D eigenvalue weighted by Gasteiger charge is 2.06. The van der Waals surface area contributed by atoms with E-state index in [0.29, 0.717) is 12.2 Å². The van der Waals surface area contributed by atoms with Crippen LogP contribution in [0.5, 0.6) is 0 Å². The van der Waals surface area contributed by atoms with Gasteiger partial charge < -0.3 is 10.1 Å². The molecule has 0 spiro atoms. The number of urea groups is 1. The fourth-order valence-corrected chi connectivity index (χ4v) is 1.49. The summed E-state index contributed by atoms with van der Waals surface area (Å²) in [6.07, 6.45) is 12.5. The van der Waals surface area contributed by atoms with Crippen molar-refractivity contribution in [1.29, 1.82) is 0 Å². The van der Waals surface area contributed by atoms with Crippen LogP contribution < -0.4 is 10.6 Å². The van der Waals surface area contributed by atoms with Crippen LogP contribution >= 0.6 is 0 Å². The van der Waals surface area contributed by atoms with Gasteiger partial charge in [0.15, 0.2) is 5.82 Å². The lowest BCUT2D eigenvalue weighted by atomic mass is 10.3. The maximum Gasteiger partial charge on any atom is 0.324 e. The van der Waals surface area contributed by atoms with Crippen LogP contribution in [-0.4, -0.2) is 23.1 Å². The van der Waals surface area contributed by atoms with Gasteiger partial charge in [0.1, 0.15) is 5.76 Å². The third-order valence-electron chi connectivity index (χ3n) is 2.38. The second kappa shape index (κ2) is 6.34. The van der Waals surface area contributed by atoms with E-state index in [1.807, 2.05) is 12.2 Å². The van der Waals surface area contributed by atoms with Gasteiger partial charge in [0, 0.05) is 24.5 Å². The molecule has 6 heteroatoms. The molecule has 0 saturated heterocycles. The summed E-state index contributed by atoms with van der Waals surface area (Å²) in [6, 6.07) is -0.352. The smallest absolute Gasteiger partial charge is 0.324 e. The number of ether oxygens (including phenoxy) is 1. The number of aromatic nitrogens is 2. The van der Waals surface area contributed by atoms with Gasteiger partial charge >= 0.3 is 6.03 Å². The number of anilines is 1. The molecule has 98 valence electrons. The molecule has 2 N–H and O–H groups in total. The summed E-state index contributed by atoms with van der Waals surface area (Å²) in [5.74, 6) is 1.14. The third kappa shape index (κ3) is 3.95. The summed E-state index contributed by atoms with van der Waals surface area (Å²) in [4.78, 5) is 19.6. The normalized spacial score (nSPS) is 13.9. The SMILES string of the molecule is COC1=CC=C(NC(=O)Nc2cnccn2)CC=C1. The van der Waals surface area contributed by atoms with Crippen LogP contribution in [0.4, 0.5) is 10.6 Å². The van der Waals surface area contributed by atoms with Crippen molar-refractivity contribution in [2.24, 2.45) is 0 Å². The van der Waals surface area contributed by atoms with Gasteiger partial charge in [-0.1, -0.05) is 6.08 Å². The molecule has 1 aromatic heterocycles. The van der Waals surface area contributed by atoms with Crippen molar-refractivity contribution in [3.05, 3.63) is 54.4 Å². The quantitative estimate of drug-likeness (QED) is 0.869. The highest BCUT2D eigenvalue weighted by molar-refractivity contribution is 5.89. The largest absolute Gasteiger partial charge is 0.497 e. The summed E-state index contributed by atoms with van der Waals surface area (Å²) in [7, 11) is 1.60. The number of rotatable bonds is 3. The summed E-state index contributed by atoms with van der Waals surface area (Å²) in [5, 5.41) is 5.34. The van der Waals surface area contributed by atoms with Crippen molar-refractivity contribution >= 4 is 11.8 Å². The molecule has 1 aliphatic rings. The molecule has 0 bridgehead atoms. The first-order chi connectivity index (χ1) is 9.28. The van der Waals surface area contributed by atoms with Gasteiger partial charge in [-0.15, -0.1) is 0 Å². The van der Waals surface area contributed by atoms with Crippen LogP contribution in [0.2, 0.25) is 0 Å². The minimum atomic E-state index is -0.352. The molecule has 2 amide bonds. The van der Waals surface area contributed by atoms with E-state index in [-0.39, 0.29) is 6.03 Å². The van der Waals surface area contributed by atoms with E-state index in [2.05, 4.69) is 20.6 Å². The molecular formula is C13H14N4O2. The first kappa shape index (κ1) is 12.8. The molecule has 1 heterocycles. The average Bonchev–Trinajstić information content (AvgIpc) is 2.65. The Morgan fingerprint density at radius 3 is 2.95 bits per heavy atom. The lowest BCUT2D eigenvalue weighted by molar-refractivity contribution is 0.254. The molecule has 19 heavy (non-hydrogen) atoms. The molecule has 0 radical (unpaired) electrons. The topological polar surface area (TPSA) is 76.1 Å². The van der Waals surface area contributed by atoms with E-state index in [4.69, 9.17) is 4.74 Å². The van der Waals surface area contributed by atoms with Gasteiger partial charge in [0.2, 0.25) is 0 Å². The predicted octanol–water partition coefficient (Wildman–Crippen LogP) is 1.97. The number of hydrogen-bond donors (Lipinski definition) is 2. The van der Waals surface area contributed by atoms with Crippen LogP contribution in [0.1, 0.15) is 6.42 Å². The lowest BCUT2D eigenvalue weighted by Crippen LogP contribution is -2.28. The van der Waals surface area contributed by atoms with E-state index >= 15 is 0 Å². The molecule has 0 fully saturated rings. The molecule has 0 aliphatic heterocycles. The summed E-state index contributed by atoms with van der Waals surface area (Å²) >= 11 is 0. The summed E-state index contributed by atoms with van der Waals surface area (Å²) in [6.45, 7) is 0. The van der Waals surface area contributed by atoms with Crippen LogP contribution in [0.25, 0.3) is 0 Å². The van der Waals surface area contributed by atoms with Crippen molar-refractivity contribution in [2.45, 2.75) is 6.42 Å². The fraction of sp³-hybridized carbons (Fsp3) is 0.154. The maximum atomic E-state index is 11.7. The van der Waals surface area contributed by atoms with Gasteiger partial charge in [-0.2, -0.15) is 0 Å². The number of amides is 2. The predicted molar refractivity (Wildman–Crippen MR) is 71.1 cm³/mol. The van der Waals surface area contributed by atoms with Crippen molar-refractivity contribution in [3.8, 4) is 0 Å². The van der Waals surface area contributed by atoms with E-state index < -0.39 is 0 Å². The first-order valence-corrected chi connectivity index (χ1v) is 5.73. The van der Waals surface area contributed by atoms with E-state index in [9.17, 15) is 4.79 Å². The molecule has 0 atom stereocenters. The number of nitrogens with zero attached hydrogens (tertiary/aromatic N) is 2. The summed E-state index contributed by atoms with van der Waals surface area (Å²) < 4.78 is 5.10. The molecule has 2 rings (SSSR count). The van der Waals surface area contributed by atoms with Crippen LogP contribution in [-0.2, 0) is 4.74 Å². The monoisotopic (exact) mass is 258 g/mol. The minimum absolute atomic E-state index is 0.352. The molecule has 0 aromatic carbocycles. The van der Waals surface area contributed by atoms with Crippen LogP contribution in [0, 0.1) is 0 Å². The Morgan fingerprint density at radius 2 is 2.21 bits per heavy atom. The number of allylic oxidation sites excluding steroid dienone is 4. The molecule has 1 aliphatic carbocycles. The highest BCUT2D eigenvalue weighted by Crippen LogP contribution is 2.09. The van der Waals surface area contributed by atoms with Crippen LogP contribution in [0.3, 0.4) is 0 Å². The van der Waals surface area contributed by atoms with E-state index in [1.54, 1.807) is 25.5 Å². The Bertz CT molecular complexity index is 535. The van der Waals surface area contributed by atoms with Crippen LogP contribution in [0.15, 0.2) is 54.4 Å². The number of methoxy groups -OCH3 is 1. The highest BCUT2D eigenvalue weighted by atomic mass is 16.5. The minimum Gasteiger partial charge on any atom is -0.497 e. The van der Waals surface area contributed by atoms with Gasteiger partial charge in [0.25, 0.3) is 0 Å². The number of carbonyl (C=O) groups excluding carboxylic acids is 1. The molecular weight excluding hydrogens is 244 g/mol. The second-order valence-electron chi connectivity index (χ2n) is 3.74. The number of hydrogen-bond acceptors (Lipinski definition) is 4. The number of carbonyl (C=O) groups is 1. The van der Waals surface area contributed by atoms with E-state index in [1.165, 1.54) is 12.4 Å².